The SMILES string of the molecule is OC(O)CCc1[c]scc1. The topological polar surface area (TPSA) is 40.5 Å². The minimum atomic E-state index is -1.19. The van der Waals surface area contributed by atoms with E-state index < -0.39 is 6.29 Å². The molecule has 1 aromatic rings. The monoisotopic (exact) mass is 157 g/mol. The zero-order valence-electron chi connectivity index (χ0n) is 5.45. The zero-order valence-corrected chi connectivity index (χ0v) is 6.27. The second-order valence-corrected chi connectivity index (χ2v) is 2.78. The number of aryl methyl sites for hydroxylation is 1. The van der Waals surface area contributed by atoms with Gasteiger partial charge < -0.3 is 10.2 Å². The minimum Gasteiger partial charge on any atom is -0.368 e. The van der Waals surface area contributed by atoms with Crippen LogP contribution >= 0.6 is 11.3 Å². The Balaban J connectivity index is 2.28. The third-order valence-corrected chi connectivity index (χ3v) is 1.85. The van der Waals surface area contributed by atoms with Gasteiger partial charge in [-0.25, -0.2) is 0 Å². The van der Waals surface area contributed by atoms with Crippen molar-refractivity contribution in [3.63, 3.8) is 0 Å². The normalized spacial score (nSPS) is 10.7. The molecule has 2 N–H and O–H groups in total. The van der Waals surface area contributed by atoms with E-state index in [0.29, 0.717) is 12.8 Å². The molecule has 0 aliphatic carbocycles. The molecule has 1 heterocycles. The Morgan fingerprint density at radius 1 is 1.60 bits per heavy atom. The van der Waals surface area contributed by atoms with E-state index in [1.54, 1.807) is 0 Å². The van der Waals surface area contributed by atoms with E-state index in [4.69, 9.17) is 10.2 Å². The summed E-state index contributed by atoms with van der Waals surface area (Å²) in [6.45, 7) is 0. The summed E-state index contributed by atoms with van der Waals surface area (Å²) in [4.78, 5) is 0. The fourth-order valence-electron chi connectivity index (χ4n) is 0.679. The lowest BCUT2D eigenvalue weighted by atomic mass is 10.2. The molecule has 0 aliphatic rings. The lowest BCUT2D eigenvalue weighted by Crippen LogP contribution is -2.04. The standard InChI is InChI=1S/C7H9O2S/c8-7(9)2-1-6-3-4-10-5-6/h3-4,7-9H,1-2H2. The van der Waals surface area contributed by atoms with Gasteiger partial charge in [0.05, 0.1) is 0 Å². The Kier molecular flexibility index (Phi) is 2.86. The highest BCUT2D eigenvalue weighted by atomic mass is 32.1. The lowest BCUT2D eigenvalue weighted by molar-refractivity contribution is -0.0446. The van der Waals surface area contributed by atoms with Gasteiger partial charge in [-0.05, 0) is 23.4 Å². The average molecular weight is 157 g/mol. The first-order valence-electron chi connectivity index (χ1n) is 3.09. The molecular weight excluding hydrogens is 148 g/mol. The second kappa shape index (κ2) is 3.71. The van der Waals surface area contributed by atoms with Gasteiger partial charge in [-0.3, -0.25) is 0 Å². The van der Waals surface area contributed by atoms with E-state index in [9.17, 15) is 0 Å². The van der Waals surface area contributed by atoms with E-state index in [1.807, 2.05) is 11.4 Å². The first kappa shape index (κ1) is 7.72. The number of aliphatic hydroxyl groups is 2. The number of thiophene rings is 1. The highest BCUT2D eigenvalue weighted by Crippen LogP contribution is 2.07. The van der Waals surface area contributed by atoms with E-state index in [1.165, 1.54) is 11.3 Å². The summed E-state index contributed by atoms with van der Waals surface area (Å²) in [5.41, 5.74) is 1.05. The predicted molar refractivity (Wildman–Crippen MR) is 39.7 cm³/mol. The molecule has 0 saturated heterocycles. The fourth-order valence-corrected chi connectivity index (χ4v) is 1.30. The van der Waals surface area contributed by atoms with Gasteiger partial charge in [0, 0.05) is 11.8 Å². The van der Waals surface area contributed by atoms with Gasteiger partial charge in [0.25, 0.3) is 0 Å². The Morgan fingerprint density at radius 2 is 2.40 bits per heavy atom. The van der Waals surface area contributed by atoms with Gasteiger partial charge in [-0.2, -0.15) is 0 Å². The quantitative estimate of drug-likeness (QED) is 0.637. The van der Waals surface area contributed by atoms with Crippen LogP contribution in [0.15, 0.2) is 11.4 Å². The van der Waals surface area contributed by atoms with Crippen molar-refractivity contribution in [1.82, 2.24) is 0 Å². The fraction of sp³-hybridized carbons (Fsp3) is 0.429. The van der Waals surface area contributed by atoms with Gasteiger partial charge in [0.15, 0.2) is 6.29 Å². The molecule has 1 radical (unpaired) electrons. The number of hydrogen-bond donors (Lipinski definition) is 2. The summed E-state index contributed by atoms with van der Waals surface area (Å²) < 4.78 is 0. The third kappa shape index (κ3) is 2.47. The molecule has 55 valence electrons. The largest absolute Gasteiger partial charge is 0.368 e. The molecule has 1 aromatic heterocycles. The number of hydrogen-bond acceptors (Lipinski definition) is 3. The minimum absolute atomic E-state index is 0.396. The Hall–Kier alpha value is -0.380. The maximum atomic E-state index is 8.50. The first-order valence-corrected chi connectivity index (χ1v) is 3.97. The van der Waals surface area contributed by atoms with Gasteiger partial charge >= 0.3 is 0 Å². The molecule has 0 fully saturated rings. The molecule has 0 aliphatic heterocycles. The smallest absolute Gasteiger partial charge is 0.151 e. The summed E-state index contributed by atoms with van der Waals surface area (Å²) >= 11 is 1.50. The van der Waals surface area contributed by atoms with Crippen LogP contribution in [0.1, 0.15) is 12.0 Å². The van der Waals surface area contributed by atoms with Crippen LogP contribution in [0.25, 0.3) is 0 Å². The molecule has 0 aromatic carbocycles. The summed E-state index contributed by atoms with van der Waals surface area (Å²) in [6.07, 6.45) is -0.0951. The molecular formula is C7H9O2S. The highest BCUT2D eigenvalue weighted by Gasteiger charge is 1.98. The van der Waals surface area contributed by atoms with Crippen LogP contribution < -0.4 is 0 Å². The van der Waals surface area contributed by atoms with Crippen molar-refractivity contribution in [3.05, 3.63) is 22.4 Å². The lowest BCUT2D eigenvalue weighted by Gasteiger charge is -1.99. The van der Waals surface area contributed by atoms with Gasteiger partial charge in [0.1, 0.15) is 0 Å². The van der Waals surface area contributed by atoms with Crippen molar-refractivity contribution in [3.8, 4) is 0 Å². The van der Waals surface area contributed by atoms with Crippen LogP contribution in [0.5, 0.6) is 0 Å². The molecule has 0 atom stereocenters. The zero-order chi connectivity index (χ0) is 7.40. The van der Waals surface area contributed by atoms with Crippen LogP contribution in [0.4, 0.5) is 0 Å². The second-order valence-electron chi connectivity index (χ2n) is 2.07. The molecule has 0 bridgehead atoms. The van der Waals surface area contributed by atoms with Crippen molar-refractivity contribution in [1.29, 1.82) is 0 Å². The number of aliphatic hydroxyl groups excluding tert-OH is 1. The average Bonchev–Trinajstić information content (AvgIpc) is 2.34. The Labute approximate surface area is 63.8 Å². The first-order chi connectivity index (χ1) is 4.79. The summed E-state index contributed by atoms with van der Waals surface area (Å²) in [6, 6.07) is 1.94. The summed E-state index contributed by atoms with van der Waals surface area (Å²) in [5, 5.41) is 21.9. The molecule has 2 nitrogen and oxygen atoms in total. The summed E-state index contributed by atoms with van der Waals surface area (Å²) in [5.74, 6) is 0. The van der Waals surface area contributed by atoms with E-state index in [2.05, 4.69) is 5.38 Å². The molecule has 3 heteroatoms. The van der Waals surface area contributed by atoms with E-state index in [-0.39, 0.29) is 0 Å². The third-order valence-electron chi connectivity index (χ3n) is 1.20. The maximum absolute atomic E-state index is 8.50. The van der Waals surface area contributed by atoms with Crippen molar-refractivity contribution in [2.24, 2.45) is 0 Å². The van der Waals surface area contributed by atoms with E-state index >= 15 is 0 Å². The van der Waals surface area contributed by atoms with Crippen molar-refractivity contribution < 1.29 is 10.2 Å². The van der Waals surface area contributed by atoms with Crippen molar-refractivity contribution >= 4 is 11.3 Å². The Bertz CT molecular complexity index is 170. The molecule has 0 spiro atoms. The van der Waals surface area contributed by atoms with E-state index in [0.717, 1.165) is 5.56 Å². The van der Waals surface area contributed by atoms with Gasteiger partial charge in [0.2, 0.25) is 0 Å². The van der Waals surface area contributed by atoms with Gasteiger partial charge in [-0.15, -0.1) is 11.3 Å². The number of rotatable bonds is 3. The summed E-state index contributed by atoms with van der Waals surface area (Å²) in [7, 11) is 0. The van der Waals surface area contributed by atoms with Crippen molar-refractivity contribution in [2.75, 3.05) is 0 Å². The van der Waals surface area contributed by atoms with Crippen LogP contribution in [0.3, 0.4) is 0 Å². The molecule has 0 saturated carbocycles. The molecule has 0 amide bonds. The van der Waals surface area contributed by atoms with Crippen LogP contribution in [0, 0.1) is 5.38 Å². The predicted octanol–water partition coefficient (Wildman–Crippen LogP) is 0.792. The van der Waals surface area contributed by atoms with Crippen LogP contribution in [-0.4, -0.2) is 16.5 Å². The maximum Gasteiger partial charge on any atom is 0.151 e. The Morgan fingerprint density at radius 3 is 2.90 bits per heavy atom. The highest BCUT2D eigenvalue weighted by molar-refractivity contribution is 7.07. The van der Waals surface area contributed by atoms with Crippen molar-refractivity contribution in [2.45, 2.75) is 19.1 Å². The molecule has 1 rings (SSSR count). The van der Waals surface area contributed by atoms with Crippen LogP contribution in [-0.2, 0) is 6.42 Å². The van der Waals surface area contributed by atoms with Crippen LogP contribution in [0.2, 0.25) is 0 Å². The van der Waals surface area contributed by atoms with Gasteiger partial charge in [-0.1, -0.05) is 0 Å². The molecule has 0 unspecified atom stereocenters. The molecule has 10 heavy (non-hydrogen) atoms.